The van der Waals surface area contributed by atoms with Crippen LogP contribution in [0.2, 0.25) is 0 Å². The molecule has 0 radical (unpaired) electrons. The molecule has 0 saturated carbocycles. The van der Waals surface area contributed by atoms with Crippen LogP contribution in [-0.2, 0) is 4.79 Å². The zero-order chi connectivity index (χ0) is 15.4. The second-order valence-electron chi connectivity index (χ2n) is 4.97. The Morgan fingerprint density at radius 2 is 2.19 bits per heavy atom. The van der Waals surface area contributed by atoms with Crippen LogP contribution in [0.4, 0.5) is 0 Å². The molecule has 6 heteroatoms. The molecule has 1 amide bonds. The third-order valence-electron chi connectivity index (χ3n) is 3.15. The van der Waals surface area contributed by atoms with Gasteiger partial charge in [-0.05, 0) is 31.5 Å². The number of carboxylic acid groups (broad SMARTS) is 1. The van der Waals surface area contributed by atoms with Gasteiger partial charge in [-0.2, -0.15) is 0 Å². The second kappa shape index (κ2) is 6.67. The van der Waals surface area contributed by atoms with Gasteiger partial charge in [-0.3, -0.25) is 9.59 Å². The summed E-state index contributed by atoms with van der Waals surface area (Å²) in [5.41, 5.74) is 1.42. The molecule has 0 fully saturated rings. The summed E-state index contributed by atoms with van der Waals surface area (Å²) in [4.78, 5) is 27.4. The molecule has 2 rings (SSSR count). The topological polar surface area (TPSA) is 79.3 Å². The second-order valence-corrected chi connectivity index (χ2v) is 6.21. The number of aryl methyl sites for hydroxylation is 1. The molecular weight excluding hydrogens is 288 g/mol. The largest absolute Gasteiger partial charge is 0.481 e. The highest BCUT2D eigenvalue weighted by Gasteiger charge is 2.16. The molecule has 0 saturated heterocycles. The first-order valence-electron chi connectivity index (χ1n) is 6.89. The highest BCUT2D eigenvalue weighted by molar-refractivity contribution is 7.18. The SMILES string of the molecule is CCC[C@@H](CC(=O)O)NC(=O)c1ccc2nc(C)sc2c1. The summed E-state index contributed by atoms with van der Waals surface area (Å²) in [6.45, 7) is 3.89. The molecule has 0 aliphatic rings. The van der Waals surface area contributed by atoms with Gasteiger partial charge in [0.1, 0.15) is 0 Å². The van der Waals surface area contributed by atoms with Gasteiger partial charge >= 0.3 is 5.97 Å². The molecule has 1 heterocycles. The number of carboxylic acids is 1. The number of amides is 1. The van der Waals surface area contributed by atoms with Crippen molar-refractivity contribution in [2.75, 3.05) is 0 Å². The van der Waals surface area contributed by atoms with Crippen molar-refractivity contribution in [1.29, 1.82) is 0 Å². The van der Waals surface area contributed by atoms with Crippen LogP contribution in [0, 0.1) is 6.92 Å². The number of nitrogens with one attached hydrogen (secondary N) is 1. The normalized spacial score (nSPS) is 12.3. The number of aromatic nitrogens is 1. The quantitative estimate of drug-likeness (QED) is 0.860. The Morgan fingerprint density at radius 1 is 1.43 bits per heavy atom. The fraction of sp³-hybridized carbons (Fsp3) is 0.400. The van der Waals surface area contributed by atoms with Gasteiger partial charge in [0.05, 0.1) is 21.6 Å². The van der Waals surface area contributed by atoms with E-state index in [1.54, 1.807) is 12.1 Å². The van der Waals surface area contributed by atoms with E-state index < -0.39 is 5.97 Å². The van der Waals surface area contributed by atoms with E-state index in [9.17, 15) is 9.59 Å². The van der Waals surface area contributed by atoms with Gasteiger partial charge in [-0.1, -0.05) is 13.3 Å². The molecule has 1 aromatic carbocycles. The van der Waals surface area contributed by atoms with Crippen molar-refractivity contribution in [2.45, 2.75) is 39.2 Å². The third-order valence-corrected chi connectivity index (χ3v) is 4.08. The highest BCUT2D eigenvalue weighted by atomic mass is 32.1. The van der Waals surface area contributed by atoms with Crippen molar-refractivity contribution in [1.82, 2.24) is 10.3 Å². The van der Waals surface area contributed by atoms with Crippen LogP contribution in [0.25, 0.3) is 10.2 Å². The van der Waals surface area contributed by atoms with Crippen LogP contribution < -0.4 is 5.32 Å². The highest BCUT2D eigenvalue weighted by Crippen LogP contribution is 2.22. The smallest absolute Gasteiger partial charge is 0.305 e. The molecule has 0 spiro atoms. The maximum atomic E-state index is 12.2. The van der Waals surface area contributed by atoms with E-state index in [1.807, 2.05) is 19.9 Å². The summed E-state index contributed by atoms with van der Waals surface area (Å²) in [7, 11) is 0. The van der Waals surface area contributed by atoms with Gasteiger partial charge in [-0.25, -0.2) is 4.98 Å². The van der Waals surface area contributed by atoms with Gasteiger partial charge in [0.15, 0.2) is 0 Å². The number of carbonyl (C=O) groups is 2. The predicted molar refractivity (Wildman–Crippen MR) is 82.8 cm³/mol. The molecule has 0 bridgehead atoms. The van der Waals surface area contributed by atoms with Gasteiger partial charge in [-0.15, -0.1) is 11.3 Å². The van der Waals surface area contributed by atoms with E-state index >= 15 is 0 Å². The van der Waals surface area contributed by atoms with Crippen LogP contribution in [-0.4, -0.2) is 28.0 Å². The Hall–Kier alpha value is -1.95. The molecule has 0 unspecified atom stereocenters. The molecule has 21 heavy (non-hydrogen) atoms. The number of hydrogen-bond donors (Lipinski definition) is 2. The Morgan fingerprint density at radius 3 is 2.86 bits per heavy atom. The standard InChI is InChI=1S/C15H18N2O3S/c1-3-4-11(8-14(18)19)17-15(20)10-5-6-12-13(7-10)21-9(2)16-12/h5-7,11H,3-4,8H2,1-2H3,(H,17,20)(H,18,19)/t11-/m0/s1. The van der Waals surface area contributed by atoms with Crippen molar-refractivity contribution in [3.63, 3.8) is 0 Å². The van der Waals surface area contributed by atoms with Crippen molar-refractivity contribution < 1.29 is 14.7 Å². The Bertz CT molecular complexity index is 666. The Kier molecular flexibility index (Phi) is 4.90. The lowest BCUT2D eigenvalue weighted by Crippen LogP contribution is -2.36. The lowest BCUT2D eigenvalue weighted by Gasteiger charge is -2.16. The third kappa shape index (κ3) is 4.01. The minimum atomic E-state index is -0.901. The summed E-state index contributed by atoms with van der Waals surface area (Å²) in [6, 6.07) is 5.01. The number of hydrogen-bond acceptors (Lipinski definition) is 4. The number of rotatable bonds is 6. The number of carbonyl (C=O) groups excluding carboxylic acids is 1. The molecule has 1 aromatic heterocycles. The summed E-state index contributed by atoms with van der Waals surface area (Å²) in [6.07, 6.45) is 1.42. The number of fused-ring (bicyclic) bond motifs is 1. The van der Waals surface area contributed by atoms with Gasteiger partial charge in [0, 0.05) is 11.6 Å². The maximum absolute atomic E-state index is 12.2. The van der Waals surface area contributed by atoms with Crippen molar-refractivity contribution in [3.05, 3.63) is 28.8 Å². The lowest BCUT2D eigenvalue weighted by atomic mass is 10.1. The molecule has 112 valence electrons. The fourth-order valence-electron chi connectivity index (χ4n) is 2.23. The van der Waals surface area contributed by atoms with Crippen LogP contribution >= 0.6 is 11.3 Å². The van der Waals surface area contributed by atoms with Crippen LogP contribution in [0.5, 0.6) is 0 Å². The molecule has 5 nitrogen and oxygen atoms in total. The summed E-state index contributed by atoms with van der Waals surface area (Å²) in [5.74, 6) is -1.13. The van der Waals surface area contributed by atoms with Crippen LogP contribution in [0.3, 0.4) is 0 Å². The van der Waals surface area contributed by atoms with E-state index in [4.69, 9.17) is 5.11 Å². The van der Waals surface area contributed by atoms with E-state index in [0.29, 0.717) is 12.0 Å². The maximum Gasteiger partial charge on any atom is 0.305 e. The van der Waals surface area contributed by atoms with Gasteiger partial charge in [0.2, 0.25) is 0 Å². The first-order valence-corrected chi connectivity index (χ1v) is 7.71. The Balaban J connectivity index is 2.14. The average molecular weight is 306 g/mol. The minimum absolute atomic E-state index is 0.0541. The lowest BCUT2D eigenvalue weighted by molar-refractivity contribution is -0.137. The van der Waals surface area contributed by atoms with Crippen LogP contribution in [0.15, 0.2) is 18.2 Å². The van der Waals surface area contributed by atoms with E-state index in [-0.39, 0.29) is 18.4 Å². The van der Waals surface area contributed by atoms with Crippen LogP contribution in [0.1, 0.15) is 41.6 Å². The molecule has 2 aromatic rings. The molecule has 1 atom stereocenters. The summed E-state index contributed by atoms with van der Waals surface area (Å²) >= 11 is 1.54. The van der Waals surface area contributed by atoms with Gasteiger partial charge in [0.25, 0.3) is 5.91 Å². The van der Waals surface area contributed by atoms with E-state index in [0.717, 1.165) is 21.6 Å². The monoisotopic (exact) mass is 306 g/mol. The summed E-state index contributed by atoms with van der Waals surface area (Å²) in [5, 5.41) is 12.6. The first-order chi connectivity index (χ1) is 9.99. The number of nitrogens with zero attached hydrogens (tertiary/aromatic N) is 1. The Labute approximate surface area is 127 Å². The zero-order valence-corrected chi connectivity index (χ0v) is 12.9. The zero-order valence-electron chi connectivity index (χ0n) is 12.0. The fourth-order valence-corrected chi connectivity index (χ4v) is 3.10. The van der Waals surface area contributed by atoms with Crippen molar-refractivity contribution >= 4 is 33.4 Å². The van der Waals surface area contributed by atoms with Crippen molar-refractivity contribution in [2.24, 2.45) is 0 Å². The number of aliphatic carboxylic acids is 1. The molecule has 2 N–H and O–H groups in total. The number of benzene rings is 1. The molecule has 0 aliphatic heterocycles. The average Bonchev–Trinajstić information content (AvgIpc) is 2.77. The molecule has 0 aliphatic carbocycles. The van der Waals surface area contributed by atoms with Gasteiger partial charge < -0.3 is 10.4 Å². The van der Waals surface area contributed by atoms with E-state index in [1.165, 1.54) is 11.3 Å². The number of thiazole rings is 1. The molecular formula is C15H18N2O3S. The van der Waals surface area contributed by atoms with Crippen molar-refractivity contribution in [3.8, 4) is 0 Å². The minimum Gasteiger partial charge on any atom is -0.481 e. The predicted octanol–water partition coefficient (Wildman–Crippen LogP) is 2.98. The van der Waals surface area contributed by atoms with E-state index in [2.05, 4.69) is 10.3 Å². The summed E-state index contributed by atoms with van der Waals surface area (Å²) < 4.78 is 0.963. The first kappa shape index (κ1) is 15.4.